The molecule has 0 bridgehead atoms. The monoisotopic (exact) mass is 327 g/mol. The maximum Gasteiger partial charge on any atom is 0.198 e. The fourth-order valence-electron chi connectivity index (χ4n) is 4.06. The van der Waals surface area contributed by atoms with Crippen LogP contribution >= 0.6 is 0 Å². The van der Waals surface area contributed by atoms with E-state index in [-0.39, 0.29) is 5.43 Å². The lowest BCUT2D eigenvalue weighted by atomic mass is 9.99. The van der Waals surface area contributed by atoms with Gasteiger partial charge in [-0.1, -0.05) is 26.3 Å². The summed E-state index contributed by atoms with van der Waals surface area (Å²) in [5, 5.41) is 0.869. The summed E-state index contributed by atoms with van der Waals surface area (Å²) in [7, 11) is 0. The van der Waals surface area contributed by atoms with Crippen LogP contribution in [0.5, 0.6) is 0 Å². The molecule has 3 heteroatoms. The number of fused-ring (bicyclic) bond motifs is 1. The second kappa shape index (κ2) is 7.52. The number of aryl methyl sites for hydroxylation is 2. The third kappa shape index (κ3) is 3.72. The second-order valence-electron chi connectivity index (χ2n) is 7.67. The molecule has 0 radical (unpaired) electrons. The first-order valence-corrected chi connectivity index (χ1v) is 9.56. The molecule has 3 nitrogen and oxygen atoms in total. The van der Waals surface area contributed by atoms with Gasteiger partial charge in [-0.2, -0.15) is 0 Å². The molecule has 1 aromatic heterocycles. The van der Waals surface area contributed by atoms with Gasteiger partial charge in [0.2, 0.25) is 0 Å². The van der Waals surface area contributed by atoms with Gasteiger partial charge in [0.15, 0.2) is 5.43 Å². The molecule has 0 spiro atoms. The van der Waals surface area contributed by atoms with Crippen LogP contribution in [0, 0.1) is 12.8 Å². The molecule has 1 saturated heterocycles. The van der Waals surface area contributed by atoms with E-state index in [1.165, 1.54) is 44.3 Å². The fraction of sp³-hybridized carbons (Fsp3) is 0.571. The molecule has 2 aromatic rings. The van der Waals surface area contributed by atoms with Crippen molar-refractivity contribution in [1.82, 2.24) is 4.98 Å². The Bertz CT molecular complexity index is 762. The van der Waals surface area contributed by atoms with Crippen molar-refractivity contribution in [3.63, 3.8) is 0 Å². The molecule has 2 heterocycles. The highest BCUT2D eigenvalue weighted by Gasteiger charge is 2.22. The lowest BCUT2D eigenvalue weighted by Gasteiger charge is -2.28. The topological polar surface area (TPSA) is 37.3 Å². The van der Waals surface area contributed by atoms with E-state index in [4.69, 9.17) is 0 Å². The number of aromatic nitrogens is 1. The van der Waals surface area contributed by atoms with Crippen LogP contribution in [0.2, 0.25) is 0 Å². The first-order valence-electron chi connectivity index (χ1n) is 9.56. The Morgan fingerprint density at radius 1 is 1.33 bits per heavy atom. The molecule has 0 aliphatic carbocycles. The van der Waals surface area contributed by atoms with E-state index in [0.29, 0.717) is 0 Å². The minimum atomic E-state index is 0.241. The second-order valence-corrected chi connectivity index (χ2v) is 7.67. The number of hydrogen-bond acceptors (Lipinski definition) is 1. The Hall–Kier alpha value is -1.61. The number of rotatable bonds is 5. The lowest BCUT2D eigenvalue weighted by molar-refractivity contribution is -0.922. The van der Waals surface area contributed by atoms with Crippen molar-refractivity contribution >= 4 is 10.9 Å². The number of nitrogens with one attached hydrogen (secondary N) is 2. The number of H-pyrrole nitrogens is 1. The SMILES string of the molecule is CCCCc1ccc2[nH]c(C)c(C[NH+]3CCCC(C)C3)c(=O)c2c1. The number of likely N-dealkylation sites (tertiary alicyclic amines) is 1. The van der Waals surface area contributed by atoms with Gasteiger partial charge < -0.3 is 9.88 Å². The summed E-state index contributed by atoms with van der Waals surface area (Å²) in [6.07, 6.45) is 6.03. The van der Waals surface area contributed by atoms with Gasteiger partial charge in [0.25, 0.3) is 0 Å². The normalized spacial score (nSPS) is 21.3. The third-order valence-corrected chi connectivity index (χ3v) is 5.49. The van der Waals surface area contributed by atoms with Crippen molar-refractivity contribution in [3.8, 4) is 0 Å². The summed E-state index contributed by atoms with van der Waals surface area (Å²) in [6.45, 7) is 9.83. The van der Waals surface area contributed by atoms with E-state index in [0.717, 1.165) is 41.0 Å². The molecular formula is C21H31N2O+. The lowest BCUT2D eigenvalue weighted by Crippen LogP contribution is -3.12. The van der Waals surface area contributed by atoms with Gasteiger partial charge >= 0.3 is 0 Å². The van der Waals surface area contributed by atoms with Crippen molar-refractivity contribution in [2.24, 2.45) is 5.92 Å². The average Bonchev–Trinajstić information content (AvgIpc) is 2.57. The standard InChI is InChI=1S/C21H30N2O/c1-4-5-8-17-9-10-20-18(12-17)21(24)19(16(3)22-20)14-23-11-6-7-15(2)13-23/h9-10,12,15H,4-8,11,13-14H2,1-3H3,(H,22,24)/p+1. The van der Waals surface area contributed by atoms with Crippen LogP contribution in [0.1, 0.15) is 56.4 Å². The number of quaternary nitrogens is 1. The zero-order valence-electron chi connectivity index (χ0n) is 15.4. The summed E-state index contributed by atoms with van der Waals surface area (Å²) >= 11 is 0. The van der Waals surface area contributed by atoms with Gasteiger partial charge in [0.05, 0.1) is 18.7 Å². The Morgan fingerprint density at radius 2 is 2.17 bits per heavy atom. The largest absolute Gasteiger partial charge is 0.358 e. The highest BCUT2D eigenvalue weighted by molar-refractivity contribution is 5.80. The van der Waals surface area contributed by atoms with E-state index < -0.39 is 0 Å². The average molecular weight is 327 g/mol. The minimum absolute atomic E-state index is 0.241. The van der Waals surface area contributed by atoms with Crippen LogP contribution in [0.15, 0.2) is 23.0 Å². The van der Waals surface area contributed by atoms with Crippen LogP contribution in [-0.4, -0.2) is 18.1 Å². The third-order valence-electron chi connectivity index (χ3n) is 5.49. The Morgan fingerprint density at radius 3 is 2.92 bits per heavy atom. The summed E-state index contributed by atoms with van der Waals surface area (Å²) in [5.41, 5.74) is 4.52. The molecule has 0 saturated carbocycles. The van der Waals surface area contributed by atoms with Crippen LogP contribution in [0.3, 0.4) is 0 Å². The smallest absolute Gasteiger partial charge is 0.198 e. The number of benzene rings is 1. The number of aromatic amines is 1. The predicted molar refractivity (Wildman–Crippen MR) is 101 cm³/mol. The summed E-state index contributed by atoms with van der Waals surface area (Å²) in [4.78, 5) is 18.1. The van der Waals surface area contributed by atoms with Crippen LogP contribution < -0.4 is 10.3 Å². The first-order chi connectivity index (χ1) is 11.6. The number of pyridine rings is 1. The molecular weight excluding hydrogens is 296 g/mol. The highest BCUT2D eigenvalue weighted by atomic mass is 16.1. The summed E-state index contributed by atoms with van der Waals surface area (Å²) in [5.74, 6) is 0.772. The molecule has 130 valence electrons. The molecule has 2 unspecified atom stereocenters. The highest BCUT2D eigenvalue weighted by Crippen LogP contribution is 2.15. The Kier molecular flexibility index (Phi) is 5.40. The van der Waals surface area contributed by atoms with E-state index in [2.05, 4.69) is 37.0 Å². The van der Waals surface area contributed by atoms with Gasteiger partial charge in [0, 0.05) is 22.5 Å². The molecule has 2 N–H and O–H groups in total. The van der Waals surface area contributed by atoms with Crippen LogP contribution in [-0.2, 0) is 13.0 Å². The van der Waals surface area contributed by atoms with Gasteiger partial charge in [0.1, 0.15) is 6.54 Å². The zero-order chi connectivity index (χ0) is 17.1. The van der Waals surface area contributed by atoms with E-state index in [1.54, 1.807) is 4.90 Å². The molecule has 1 aliphatic heterocycles. The summed E-state index contributed by atoms with van der Waals surface area (Å²) in [6, 6.07) is 6.35. The Balaban J connectivity index is 1.93. The quantitative estimate of drug-likeness (QED) is 0.870. The van der Waals surface area contributed by atoms with Crippen LogP contribution in [0.25, 0.3) is 10.9 Å². The van der Waals surface area contributed by atoms with Gasteiger partial charge in [-0.3, -0.25) is 4.79 Å². The van der Waals surface area contributed by atoms with Gasteiger partial charge in [-0.15, -0.1) is 0 Å². The number of piperidine rings is 1. The maximum absolute atomic E-state index is 13.1. The van der Waals surface area contributed by atoms with Crippen LogP contribution in [0.4, 0.5) is 0 Å². The molecule has 2 atom stereocenters. The zero-order valence-corrected chi connectivity index (χ0v) is 15.4. The van der Waals surface area contributed by atoms with E-state index in [9.17, 15) is 4.79 Å². The van der Waals surface area contributed by atoms with Crippen molar-refractivity contribution in [1.29, 1.82) is 0 Å². The van der Waals surface area contributed by atoms with Crippen molar-refractivity contribution in [2.45, 2.75) is 59.4 Å². The maximum atomic E-state index is 13.1. The first kappa shape index (κ1) is 17.2. The fourth-order valence-corrected chi connectivity index (χ4v) is 4.06. The molecule has 1 aromatic carbocycles. The molecule has 1 aliphatic rings. The van der Waals surface area contributed by atoms with Crippen molar-refractivity contribution in [3.05, 3.63) is 45.2 Å². The molecule has 0 amide bonds. The Labute approximate surface area is 145 Å². The molecule has 24 heavy (non-hydrogen) atoms. The van der Waals surface area contributed by atoms with Gasteiger partial charge in [-0.05, 0) is 50.3 Å². The predicted octanol–water partition coefficient (Wildman–Crippen LogP) is 2.99. The van der Waals surface area contributed by atoms with Crippen molar-refractivity contribution < 1.29 is 4.90 Å². The molecule has 1 fully saturated rings. The van der Waals surface area contributed by atoms with E-state index in [1.807, 2.05) is 6.92 Å². The van der Waals surface area contributed by atoms with E-state index >= 15 is 0 Å². The summed E-state index contributed by atoms with van der Waals surface area (Å²) < 4.78 is 0. The minimum Gasteiger partial charge on any atom is -0.358 e. The van der Waals surface area contributed by atoms with Gasteiger partial charge in [-0.25, -0.2) is 0 Å². The van der Waals surface area contributed by atoms with Crippen molar-refractivity contribution in [2.75, 3.05) is 13.1 Å². The number of unbranched alkanes of at least 4 members (excludes halogenated alkanes) is 1. The molecule has 3 rings (SSSR count). The number of hydrogen-bond donors (Lipinski definition) is 2.